The number of carbonyl (C=O) groups excluding carboxylic acids is 1. The van der Waals surface area contributed by atoms with Gasteiger partial charge in [0.25, 0.3) is 0 Å². The lowest BCUT2D eigenvalue weighted by Crippen LogP contribution is -2.36. The molecule has 2 aromatic heterocycles. The van der Waals surface area contributed by atoms with Gasteiger partial charge in [0, 0.05) is 43.8 Å². The van der Waals surface area contributed by atoms with Crippen LogP contribution in [0.5, 0.6) is 5.88 Å². The number of hydrogen-bond acceptors (Lipinski definition) is 8. The highest BCUT2D eigenvalue weighted by molar-refractivity contribution is 8.00. The van der Waals surface area contributed by atoms with E-state index in [2.05, 4.69) is 20.2 Å². The van der Waals surface area contributed by atoms with Crippen LogP contribution in [0.1, 0.15) is 19.3 Å². The van der Waals surface area contributed by atoms with Crippen molar-refractivity contribution in [3.8, 4) is 5.88 Å². The molecule has 11 heteroatoms. The predicted molar refractivity (Wildman–Crippen MR) is 141 cm³/mol. The lowest BCUT2D eigenvalue weighted by molar-refractivity contribution is -0.113. The largest absolute Gasteiger partial charge is 0.481 e. The van der Waals surface area contributed by atoms with Gasteiger partial charge in [0.1, 0.15) is 5.52 Å². The van der Waals surface area contributed by atoms with Gasteiger partial charge in [0.2, 0.25) is 21.8 Å². The number of fused-ring (bicyclic) bond motifs is 2. The molecule has 1 saturated heterocycles. The predicted octanol–water partition coefficient (Wildman–Crippen LogP) is 3.61. The number of methoxy groups -OCH3 is 1. The monoisotopic (exact) mass is 527 g/mol. The lowest BCUT2D eigenvalue weighted by Gasteiger charge is -2.34. The van der Waals surface area contributed by atoms with E-state index >= 15 is 0 Å². The van der Waals surface area contributed by atoms with Crippen LogP contribution in [-0.2, 0) is 14.8 Å². The SMILES string of the molecule is COc1ccc2nccc(N3CCC(CCN(C)S(=O)(=O)c4ccc5c(c4)NC(=O)CS5)CC3)c2n1. The van der Waals surface area contributed by atoms with Crippen LogP contribution in [0.25, 0.3) is 11.0 Å². The first kappa shape index (κ1) is 24.8. The third kappa shape index (κ3) is 5.00. The fourth-order valence-corrected chi connectivity index (χ4v) is 6.71. The summed E-state index contributed by atoms with van der Waals surface area (Å²) in [7, 11) is -0.409. The molecular weight excluding hydrogens is 498 g/mol. The molecular formula is C25H29N5O4S2. The molecule has 5 rings (SSSR count). The molecule has 36 heavy (non-hydrogen) atoms. The van der Waals surface area contributed by atoms with E-state index in [1.165, 1.54) is 16.1 Å². The van der Waals surface area contributed by atoms with Crippen LogP contribution in [0, 0.1) is 5.92 Å². The molecule has 3 aromatic rings. The quantitative estimate of drug-likeness (QED) is 0.497. The molecule has 2 aliphatic rings. The van der Waals surface area contributed by atoms with E-state index in [9.17, 15) is 13.2 Å². The molecule has 1 aromatic carbocycles. The van der Waals surface area contributed by atoms with Crippen LogP contribution >= 0.6 is 11.8 Å². The Hall–Kier alpha value is -2.89. The number of amides is 1. The van der Waals surface area contributed by atoms with Crippen LogP contribution in [0.15, 0.2) is 52.4 Å². The average Bonchev–Trinajstić information content (AvgIpc) is 2.90. The zero-order chi connectivity index (χ0) is 25.3. The molecule has 0 unspecified atom stereocenters. The molecule has 0 spiro atoms. The summed E-state index contributed by atoms with van der Waals surface area (Å²) in [6, 6.07) is 10.7. The number of sulfonamides is 1. The summed E-state index contributed by atoms with van der Waals surface area (Å²) in [6.45, 7) is 2.20. The van der Waals surface area contributed by atoms with Crippen molar-refractivity contribution in [1.29, 1.82) is 0 Å². The minimum atomic E-state index is -3.64. The van der Waals surface area contributed by atoms with Gasteiger partial charge in [-0.3, -0.25) is 9.78 Å². The van der Waals surface area contributed by atoms with Gasteiger partial charge in [-0.1, -0.05) is 0 Å². The van der Waals surface area contributed by atoms with Gasteiger partial charge in [0.15, 0.2) is 0 Å². The Bertz CT molecular complexity index is 1390. The van der Waals surface area contributed by atoms with Crippen molar-refractivity contribution < 1.29 is 17.9 Å². The second-order valence-corrected chi connectivity index (χ2v) is 12.2. The zero-order valence-corrected chi connectivity index (χ0v) is 21.9. The number of thioether (sulfide) groups is 1. The van der Waals surface area contributed by atoms with Crippen molar-refractivity contribution in [2.24, 2.45) is 5.92 Å². The second kappa shape index (κ2) is 10.2. The molecule has 0 bridgehead atoms. The highest BCUT2D eigenvalue weighted by Gasteiger charge is 2.26. The standard InChI is InChI=1S/C25H29N5O4S2/c1-29(36(32,33)18-3-5-22-20(15-18)27-23(31)16-35-22)12-8-17-9-13-30(14-10-17)21-7-11-26-19-4-6-24(34-2)28-25(19)21/h3-7,11,15,17H,8-10,12-14,16H2,1-2H3,(H,27,31). The molecule has 4 heterocycles. The Morgan fingerprint density at radius 2 is 2.00 bits per heavy atom. The van der Waals surface area contributed by atoms with E-state index in [0.29, 0.717) is 29.8 Å². The van der Waals surface area contributed by atoms with Gasteiger partial charge < -0.3 is 15.0 Å². The number of aromatic nitrogens is 2. The maximum atomic E-state index is 13.2. The smallest absolute Gasteiger partial charge is 0.242 e. The van der Waals surface area contributed by atoms with Crippen molar-refractivity contribution in [3.63, 3.8) is 0 Å². The fourth-order valence-electron chi connectivity index (χ4n) is 4.71. The van der Waals surface area contributed by atoms with Gasteiger partial charge in [-0.2, -0.15) is 0 Å². The van der Waals surface area contributed by atoms with Crippen molar-refractivity contribution in [2.45, 2.75) is 29.1 Å². The van der Waals surface area contributed by atoms with E-state index in [0.717, 1.165) is 54.0 Å². The van der Waals surface area contributed by atoms with Crippen molar-refractivity contribution in [3.05, 3.63) is 42.6 Å². The highest BCUT2D eigenvalue weighted by atomic mass is 32.2. The Balaban J connectivity index is 1.20. The number of rotatable bonds is 7. The number of piperidine rings is 1. The summed E-state index contributed by atoms with van der Waals surface area (Å²) in [6.07, 6.45) is 4.56. The van der Waals surface area contributed by atoms with E-state index in [1.54, 1.807) is 32.4 Å². The first-order valence-electron chi connectivity index (χ1n) is 11.9. The lowest BCUT2D eigenvalue weighted by atomic mass is 9.93. The summed E-state index contributed by atoms with van der Waals surface area (Å²) < 4.78 is 33.0. The third-order valence-electron chi connectivity index (χ3n) is 6.85. The summed E-state index contributed by atoms with van der Waals surface area (Å²) in [5.74, 6) is 1.24. The third-order valence-corrected chi connectivity index (χ3v) is 9.77. The van der Waals surface area contributed by atoms with Crippen molar-refractivity contribution in [2.75, 3.05) is 49.8 Å². The summed E-state index contributed by atoms with van der Waals surface area (Å²) in [5, 5.41) is 2.77. The molecule has 2 aliphatic heterocycles. The number of ether oxygens (including phenoxy) is 1. The van der Waals surface area contributed by atoms with Crippen LogP contribution < -0.4 is 15.0 Å². The maximum absolute atomic E-state index is 13.2. The molecule has 0 aliphatic carbocycles. The number of pyridine rings is 2. The number of benzene rings is 1. The van der Waals surface area contributed by atoms with Crippen LogP contribution in [0.2, 0.25) is 0 Å². The highest BCUT2D eigenvalue weighted by Crippen LogP contribution is 2.34. The van der Waals surface area contributed by atoms with Crippen LogP contribution in [0.4, 0.5) is 11.4 Å². The molecule has 0 saturated carbocycles. The van der Waals surface area contributed by atoms with Gasteiger partial charge in [0.05, 0.1) is 34.6 Å². The Labute approximate surface area is 215 Å². The number of nitrogens with one attached hydrogen (secondary N) is 1. The molecule has 1 N–H and O–H groups in total. The topological polar surface area (TPSA) is 105 Å². The zero-order valence-electron chi connectivity index (χ0n) is 20.3. The molecule has 1 amide bonds. The molecule has 9 nitrogen and oxygen atoms in total. The average molecular weight is 528 g/mol. The molecule has 0 radical (unpaired) electrons. The van der Waals surface area contributed by atoms with Gasteiger partial charge >= 0.3 is 0 Å². The van der Waals surface area contributed by atoms with Crippen LogP contribution in [0.3, 0.4) is 0 Å². The van der Waals surface area contributed by atoms with E-state index in [-0.39, 0.29) is 10.8 Å². The first-order chi connectivity index (χ1) is 17.3. The molecule has 190 valence electrons. The second-order valence-electron chi connectivity index (χ2n) is 9.09. The fraction of sp³-hybridized carbons (Fsp3) is 0.400. The first-order valence-corrected chi connectivity index (χ1v) is 14.4. The molecule has 0 atom stereocenters. The van der Waals surface area contributed by atoms with Gasteiger partial charge in [-0.15, -0.1) is 11.8 Å². The molecule has 1 fully saturated rings. The van der Waals surface area contributed by atoms with Crippen molar-refractivity contribution in [1.82, 2.24) is 14.3 Å². The van der Waals surface area contributed by atoms with E-state index in [1.807, 2.05) is 24.4 Å². The number of anilines is 2. The number of hydrogen-bond donors (Lipinski definition) is 1. The minimum absolute atomic E-state index is 0.114. The Morgan fingerprint density at radius 1 is 1.19 bits per heavy atom. The summed E-state index contributed by atoms with van der Waals surface area (Å²) in [4.78, 5) is 24.1. The number of nitrogens with zero attached hydrogens (tertiary/aromatic N) is 4. The minimum Gasteiger partial charge on any atom is -0.481 e. The Morgan fingerprint density at radius 3 is 2.78 bits per heavy atom. The van der Waals surface area contributed by atoms with E-state index in [4.69, 9.17) is 4.74 Å². The van der Waals surface area contributed by atoms with Gasteiger partial charge in [-0.05, 0) is 55.5 Å². The normalized spacial score (nSPS) is 16.8. The van der Waals surface area contributed by atoms with Gasteiger partial charge in [-0.25, -0.2) is 17.7 Å². The Kier molecular flexibility index (Phi) is 7.05. The number of carbonyl (C=O) groups is 1. The maximum Gasteiger partial charge on any atom is 0.242 e. The summed E-state index contributed by atoms with van der Waals surface area (Å²) >= 11 is 1.42. The summed E-state index contributed by atoms with van der Waals surface area (Å²) in [5.41, 5.74) is 3.28. The van der Waals surface area contributed by atoms with E-state index < -0.39 is 10.0 Å². The van der Waals surface area contributed by atoms with Crippen molar-refractivity contribution >= 4 is 50.1 Å². The van der Waals surface area contributed by atoms with Crippen LogP contribution in [-0.4, -0.2) is 68.1 Å².